The molecule has 0 fully saturated rings. The molecule has 0 radical (unpaired) electrons. The molecule has 1 aromatic rings. The zero-order chi connectivity index (χ0) is 9.14. The molecule has 4 nitrogen and oxygen atoms in total. The summed E-state index contributed by atoms with van der Waals surface area (Å²) in [6.07, 6.45) is 1.15. The summed E-state index contributed by atoms with van der Waals surface area (Å²) in [6, 6.07) is 1.47. The van der Waals surface area contributed by atoms with Crippen molar-refractivity contribution in [2.24, 2.45) is 0 Å². The van der Waals surface area contributed by atoms with Gasteiger partial charge in [0.05, 0.1) is 4.92 Å². The van der Waals surface area contributed by atoms with Gasteiger partial charge in [-0.05, 0) is 6.07 Å². The summed E-state index contributed by atoms with van der Waals surface area (Å²) in [5, 5.41) is 11.0. The number of hydrogen-bond donors (Lipinski definition) is 0. The van der Waals surface area contributed by atoms with Crippen LogP contribution in [0.3, 0.4) is 0 Å². The maximum atomic E-state index is 10.4. The predicted molar refractivity (Wildman–Crippen MR) is 48.5 cm³/mol. The number of nitro groups is 1. The van der Waals surface area contributed by atoms with Crippen LogP contribution in [0.25, 0.3) is 0 Å². The van der Waals surface area contributed by atoms with Gasteiger partial charge in [0, 0.05) is 10.9 Å². The van der Waals surface area contributed by atoms with E-state index >= 15 is 0 Å². The molecule has 1 heterocycles. The molecule has 0 N–H and O–H groups in total. The van der Waals surface area contributed by atoms with Crippen molar-refractivity contribution in [2.75, 3.05) is 0 Å². The van der Waals surface area contributed by atoms with E-state index in [-0.39, 0.29) is 10.8 Å². The molecule has 1 rings (SSSR count). The number of halogens is 2. The summed E-state index contributed by atoms with van der Waals surface area (Å²) in [5.41, 5.74) is 0.510. The Morgan fingerprint density at radius 2 is 2.42 bits per heavy atom. The Morgan fingerprint density at radius 3 is 2.92 bits per heavy atom. The Labute approximate surface area is 81.8 Å². The van der Waals surface area contributed by atoms with Crippen molar-refractivity contribution in [1.82, 2.24) is 4.98 Å². The Bertz CT molecular complexity index is 318. The topological polar surface area (TPSA) is 56.0 Å². The second-order valence-corrected chi connectivity index (χ2v) is 2.97. The number of rotatable bonds is 2. The minimum absolute atomic E-state index is 0.0173. The van der Waals surface area contributed by atoms with E-state index in [9.17, 15) is 10.1 Å². The molecule has 6 heteroatoms. The lowest BCUT2D eigenvalue weighted by atomic mass is 10.3. The van der Waals surface area contributed by atoms with Crippen molar-refractivity contribution >= 4 is 33.2 Å². The van der Waals surface area contributed by atoms with Crippen LogP contribution in [0, 0.1) is 10.1 Å². The standard InChI is InChI=1S/C6H4BrClN2O2/c7-2-4-1-6(8)9-3-5(4)10(11)12/h1,3H,2H2. The Kier molecular flexibility index (Phi) is 2.99. The normalized spacial score (nSPS) is 9.83. The van der Waals surface area contributed by atoms with Crippen LogP contribution >= 0.6 is 27.5 Å². The van der Waals surface area contributed by atoms with Crippen molar-refractivity contribution in [1.29, 1.82) is 0 Å². The van der Waals surface area contributed by atoms with Crippen LogP contribution in [0.4, 0.5) is 5.69 Å². The van der Waals surface area contributed by atoms with E-state index < -0.39 is 4.92 Å². The third-order valence-corrected chi connectivity index (χ3v) is 2.08. The molecule has 1 aromatic heterocycles. The number of aromatic nitrogens is 1. The number of pyridine rings is 1. The number of nitrogens with zero attached hydrogens (tertiary/aromatic N) is 2. The highest BCUT2D eigenvalue weighted by atomic mass is 79.9. The Morgan fingerprint density at radius 1 is 1.75 bits per heavy atom. The molecule has 0 unspecified atom stereocenters. The van der Waals surface area contributed by atoms with Crippen LogP contribution in [0.1, 0.15) is 5.56 Å². The lowest BCUT2D eigenvalue weighted by Crippen LogP contribution is -1.94. The van der Waals surface area contributed by atoms with Crippen molar-refractivity contribution in [2.45, 2.75) is 5.33 Å². The second kappa shape index (κ2) is 3.82. The maximum Gasteiger partial charge on any atom is 0.291 e. The highest BCUT2D eigenvalue weighted by molar-refractivity contribution is 9.08. The van der Waals surface area contributed by atoms with Gasteiger partial charge in [-0.25, -0.2) is 4.98 Å². The number of alkyl halides is 1. The summed E-state index contributed by atoms with van der Waals surface area (Å²) in [6.45, 7) is 0. The third kappa shape index (κ3) is 1.92. The molecule has 0 atom stereocenters. The first kappa shape index (κ1) is 9.41. The van der Waals surface area contributed by atoms with E-state index in [1.54, 1.807) is 0 Å². The lowest BCUT2D eigenvalue weighted by molar-refractivity contribution is -0.385. The molecule has 0 saturated heterocycles. The summed E-state index contributed by atoms with van der Waals surface area (Å²) in [5.74, 6) is 0. The fourth-order valence-corrected chi connectivity index (χ4v) is 1.36. The van der Waals surface area contributed by atoms with Crippen LogP contribution in [0.2, 0.25) is 5.15 Å². The first-order valence-corrected chi connectivity index (χ1v) is 4.50. The monoisotopic (exact) mass is 250 g/mol. The van der Waals surface area contributed by atoms with Crippen LogP contribution < -0.4 is 0 Å². The maximum absolute atomic E-state index is 10.4. The molecule has 64 valence electrons. The van der Waals surface area contributed by atoms with Crippen molar-refractivity contribution in [3.05, 3.63) is 33.1 Å². The van der Waals surface area contributed by atoms with Crippen molar-refractivity contribution in [3.8, 4) is 0 Å². The molecule has 0 saturated carbocycles. The van der Waals surface area contributed by atoms with Crippen molar-refractivity contribution < 1.29 is 4.92 Å². The van der Waals surface area contributed by atoms with Gasteiger partial charge in [-0.3, -0.25) is 10.1 Å². The summed E-state index contributed by atoms with van der Waals surface area (Å²) < 4.78 is 0. The van der Waals surface area contributed by atoms with E-state index in [4.69, 9.17) is 11.6 Å². The summed E-state index contributed by atoms with van der Waals surface area (Å²) in [4.78, 5) is 13.5. The molecule has 0 aliphatic rings. The van der Waals surface area contributed by atoms with Crippen LogP contribution in [0.5, 0.6) is 0 Å². The van der Waals surface area contributed by atoms with E-state index in [1.807, 2.05) is 0 Å². The molecular formula is C6H4BrClN2O2. The van der Waals surface area contributed by atoms with E-state index in [1.165, 1.54) is 6.07 Å². The minimum atomic E-state index is -0.486. The lowest BCUT2D eigenvalue weighted by Gasteiger charge is -1.97. The van der Waals surface area contributed by atoms with E-state index in [2.05, 4.69) is 20.9 Å². The fourth-order valence-electron chi connectivity index (χ4n) is 0.732. The van der Waals surface area contributed by atoms with Crippen LogP contribution in [-0.4, -0.2) is 9.91 Å². The summed E-state index contributed by atoms with van der Waals surface area (Å²) >= 11 is 8.67. The van der Waals surface area contributed by atoms with E-state index in [0.717, 1.165) is 6.20 Å². The molecular weight excluding hydrogens is 247 g/mol. The quantitative estimate of drug-likeness (QED) is 0.351. The Balaban J connectivity index is 3.20. The van der Waals surface area contributed by atoms with Crippen LogP contribution in [-0.2, 0) is 5.33 Å². The molecule has 0 aliphatic heterocycles. The van der Waals surface area contributed by atoms with Gasteiger partial charge >= 0.3 is 0 Å². The second-order valence-electron chi connectivity index (χ2n) is 2.03. The zero-order valence-electron chi connectivity index (χ0n) is 5.83. The predicted octanol–water partition coefficient (Wildman–Crippen LogP) is 2.54. The van der Waals surface area contributed by atoms with Gasteiger partial charge in [0.1, 0.15) is 11.3 Å². The van der Waals surface area contributed by atoms with Gasteiger partial charge < -0.3 is 0 Å². The first-order chi connectivity index (χ1) is 5.65. The van der Waals surface area contributed by atoms with Gasteiger partial charge in [-0.15, -0.1) is 0 Å². The highest BCUT2D eigenvalue weighted by Crippen LogP contribution is 2.22. The zero-order valence-corrected chi connectivity index (χ0v) is 8.17. The first-order valence-electron chi connectivity index (χ1n) is 3.00. The molecule has 0 bridgehead atoms. The Hall–Kier alpha value is -0.680. The molecule has 0 aliphatic carbocycles. The largest absolute Gasteiger partial charge is 0.291 e. The van der Waals surface area contributed by atoms with Gasteiger partial charge in [-0.2, -0.15) is 0 Å². The van der Waals surface area contributed by atoms with Crippen molar-refractivity contribution in [3.63, 3.8) is 0 Å². The van der Waals surface area contributed by atoms with E-state index in [0.29, 0.717) is 10.9 Å². The number of hydrogen-bond acceptors (Lipinski definition) is 3. The molecule has 0 amide bonds. The minimum Gasteiger partial charge on any atom is -0.258 e. The molecule has 0 spiro atoms. The average molecular weight is 251 g/mol. The summed E-state index contributed by atoms with van der Waals surface area (Å²) in [7, 11) is 0. The van der Waals surface area contributed by atoms with Gasteiger partial charge in [0.15, 0.2) is 0 Å². The third-order valence-electron chi connectivity index (χ3n) is 1.27. The molecule has 0 aromatic carbocycles. The molecule has 12 heavy (non-hydrogen) atoms. The SMILES string of the molecule is O=[N+]([O-])c1cnc(Cl)cc1CBr. The van der Waals surface area contributed by atoms with Gasteiger partial charge in [0.25, 0.3) is 5.69 Å². The van der Waals surface area contributed by atoms with Crippen LogP contribution in [0.15, 0.2) is 12.3 Å². The smallest absolute Gasteiger partial charge is 0.258 e. The fraction of sp³-hybridized carbons (Fsp3) is 0.167. The highest BCUT2D eigenvalue weighted by Gasteiger charge is 2.12. The van der Waals surface area contributed by atoms with Gasteiger partial charge in [0.2, 0.25) is 0 Å². The van der Waals surface area contributed by atoms with Gasteiger partial charge in [-0.1, -0.05) is 27.5 Å². The average Bonchev–Trinajstić information content (AvgIpc) is 2.03.